The molecule has 0 aromatic carbocycles. The van der Waals surface area contributed by atoms with E-state index in [-0.39, 0.29) is 19.8 Å². The first-order chi connectivity index (χ1) is 8.62. The lowest BCUT2D eigenvalue weighted by molar-refractivity contribution is 0.123. The molecule has 0 radical (unpaired) electrons. The van der Waals surface area contributed by atoms with Crippen molar-refractivity contribution in [3.05, 3.63) is 0 Å². The molecule has 0 aliphatic heterocycles. The molecule has 0 rings (SSSR count). The molecule has 0 atom stereocenters. The van der Waals surface area contributed by atoms with Crippen LogP contribution >= 0.6 is 151 Å². The summed E-state index contributed by atoms with van der Waals surface area (Å²) in [4.78, 5) is 0. The van der Waals surface area contributed by atoms with Gasteiger partial charge in [0, 0.05) is 0 Å². The van der Waals surface area contributed by atoms with Crippen molar-refractivity contribution in [3.8, 4) is 0 Å². The highest BCUT2D eigenvalue weighted by atomic mass is 80.0. The highest BCUT2D eigenvalue weighted by Gasteiger charge is 2.36. The molecule has 0 saturated heterocycles. The summed E-state index contributed by atoms with van der Waals surface area (Å²) in [5.74, 6) is 0. The van der Waals surface area contributed by atoms with E-state index in [1.54, 1.807) is 0 Å². The van der Waals surface area contributed by atoms with E-state index in [4.69, 9.17) is 13.6 Å². The minimum Gasteiger partial charge on any atom is -0.284 e. The van der Waals surface area contributed by atoms with E-state index in [9.17, 15) is 4.57 Å². The summed E-state index contributed by atoms with van der Waals surface area (Å²) in [7, 11) is -3.78. The Hall–Kier alpha value is 4.43. The number of rotatable bonds is 6. The average Bonchev–Trinajstić information content (AvgIpc) is 2.18. The molecule has 122 valence electrons. The molecule has 0 aromatic rings. The maximum atomic E-state index is 12.5. The van der Waals surface area contributed by atoms with Crippen molar-refractivity contribution in [2.75, 3.05) is 19.8 Å². The molecule has 0 fully saturated rings. The van der Waals surface area contributed by atoms with Gasteiger partial charge in [-0.15, -0.1) is 0 Å². The highest BCUT2D eigenvalue weighted by molar-refractivity contribution is 9.40. The molecule has 20 heavy (non-hydrogen) atoms. The monoisotopic (exact) mass is 883 g/mol. The fourth-order valence-electron chi connectivity index (χ4n) is 0.569. The average molecular weight is 892 g/mol. The molecule has 0 saturated carbocycles. The number of phosphoric ester groups is 1. The molecule has 0 aliphatic carbocycles. The maximum absolute atomic E-state index is 12.5. The number of halogens is 9. The van der Waals surface area contributed by atoms with Gasteiger partial charge < -0.3 is 0 Å². The summed E-state index contributed by atoms with van der Waals surface area (Å²) in [5, 5.41) is 0. The fourth-order valence-corrected chi connectivity index (χ4v) is 4.47. The normalized spacial score (nSPS) is 14.7. The first kappa shape index (κ1) is 24.4. The Balaban J connectivity index is 4.71. The Labute approximate surface area is 192 Å². The van der Waals surface area contributed by atoms with Crippen LogP contribution in [0.2, 0.25) is 0 Å². The Bertz CT molecular complexity index is 294. The van der Waals surface area contributed by atoms with Crippen LogP contribution in [0.15, 0.2) is 0 Å². The Morgan fingerprint density at radius 2 is 0.800 bits per heavy atom. The van der Waals surface area contributed by atoms with Crippen LogP contribution in [0, 0.1) is 0 Å². The topological polar surface area (TPSA) is 44.8 Å². The van der Waals surface area contributed by atoms with E-state index in [0.717, 1.165) is 0 Å². The van der Waals surface area contributed by atoms with Gasteiger partial charge in [-0.05, 0) is 0 Å². The first-order valence-corrected chi connectivity index (χ1v) is 13.0. The van der Waals surface area contributed by atoms with Gasteiger partial charge in [-0.3, -0.25) is 13.6 Å². The van der Waals surface area contributed by atoms with Crippen LogP contribution in [0.3, 0.4) is 0 Å². The minimum atomic E-state index is -3.78. The van der Waals surface area contributed by atoms with Gasteiger partial charge in [0.1, 0.15) is 0 Å². The van der Waals surface area contributed by atoms with Gasteiger partial charge in [0.2, 0.25) is 0 Å². The van der Waals surface area contributed by atoms with Crippen LogP contribution in [-0.2, 0) is 18.1 Å². The number of hydrogen-bond donors (Lipinski definition) is 0. The lowest BCUT2D eigenvalue weighted by Gasteiger charge is -2.24. The molecule has 0 spiro atoms. The molecule has 0 aromatic heterocycles. The minimum absolute atomic E-state index is 0.00993. The lowest BCUT2D eigenvalue weighted by Crippen LogP contribution is -2.18. The van der Waals surface area contributed by atoms with Crippen molar-refractivity contribution in [2.45, 2.75) is 6.43 Å². The highest BCUT2D eigenvalue weighted by Crippen LogP contribution is 2.55. The first-order valence-electron chi connectivity index (χ1n) is 4.36. The van der Waals surface area contributed by atoms with E-state index >= 15 is 0 Å². The molecule has 0 aliphatic rings. The van der Waals surface area contributed by atoms with Gasteiger partial charge in [0.05, 0.1) is 19.8 Å². The molecular weight excluding hydrogens is 886 g/mol. The zero-order valence-electron chi connectivity index (χ0n) is 9.10. The third kappa shape index (κ3) is 15.9. The van der Waals surface area contributed by atoms with Crippen LogP contribution in [0.4, 0.5) is 0 Å². The van der Waals surface area contributed by atoms with E-state index in [0.29, 0.717) is 0 Å². The van der Waals surface area contributed by atoms with Crippen molar-refractivity contribution in [1.29, 1.82) is 0 Å². The maximum Gasteiger partial charge on any atom is 0.475 e. The van der Waals surface area contributed by atoms with Gasteiger partial charge in [-0.2, -0.15) is 0 Å². The molecule has 0 heterocycles. The van der Waals surface area contributed by atoms with Crippen LogP contribution in [-0.4, -0.2) is 26.2 Å². The quantitative estimate of drug-likeness (QED) is 0.203. The third-order valence-electron chi connectivity index (χ3n) is 1.16. The largest absolute Gasteiger partial charge is 0.475 e. The second kappa shape index (κ2) is 9.94. The van der Waals surface area contributed by atoms with E-state index in [1.165, 1.54) is 0 Å². The van der Waals surface area contributed by atoms with Crippen LogP contribution in [0.1, 0.15) is 0 Å². The molecule has 0 N–H and O–H groups in total. The smallest absolute Gasteiger partial charge is 0.284 e. The van der Waals surface area contributed by atoms with Crippen molar-refractivity contribution in [3.63, 3.8) is 0 Å². The van der Waals surface area contributed by atoms with Crippen LogP contribution < -0.4 is 0 Å². The molecular formula is C6H6Br9O4P. The van der Waals surface area contributed by atoms with Gasteiger partial charge in [0.25, 0.3) is 0 Å². The zero-order valence-corrected chi connectivity index (χ0v) is 24.3. The second-order valence-electron chi connectivity index (χ2n) is 3.11. The lowest BCUT2D eigenvalue weighted by atomic mass is 10.9. The molecule has 14 heteroatoms. The van der Waals surface area contributed by atoms with Crippen molar-refractivity contribution in [1.82, 2.24) is 0 Å². The second-order valence-corrected chi connectivity index (χ2v) is 26.5. The third-order valence-corrected chi connectivity index (χ3v) is 4.56. The summed E-state index contributed by atoms with van der Waals surface area (Å²) in [5.41, 5.74) is 0. The summed E-state index contributed by atoms with van der Waals surface area (Å²) in [6.45, 7) is -0.0298. The van der Waals surface area contributed by atoms with Crippen LogP contribution in [0.25, 0.3) is 0 Å². The van der Waals surface area contributed by atoms with Gasteiger partial charge in [-0.25, -0.2) is 4.57 Å². The van der Waals surface area contributed by atoms with E-state index in [1.807, 2.05) is 0 Å². The zero-order chi connectivity index (χ0) is 16.2. The van der Waals surface area contributed by atoms with Gasteiger partial charge in [0.15, 0.2) is 6.43 Å². The SMILES string of the molecule is O=P(OCC(Br)(Br)Br)(OCC(Br)(Br)Br)OCC(Br)(Br)Br. The summed E-state index contributed by atoms with van der Waals surface area (Å²) >= 11 is 29.1. The van der Waals surface area contributed by atoms with Gasteiger partial charge >= 0.3 is 7.82 Å². The van der Waals surface area contributed by atoms with E-state index < -0.39 is 14.3 Å². The Morgan fingerprint density at radius 3 is 0.950 bits per heavy atom. The fraction of sp³-hybridized carbons (Fsp3) is 1.00. The van der Waals surface area contributed by atoms with Crippen molar-refractivity contribution < 1.29 is 18.1 Å². The molecule has 0 amide bonds. The Morgan fingerprint density at radius 1 is 0.600 bits per heavy atom. The Kier molecular flexibility index (Phi) is 12.1. The predicted molar refractivity (Wildman–Crippen MR) is 114 cm³/mol. The molecule has 0 bridgehead atoms. The standard InChI is InChI=1S/C6H6Br9O4P/c7-4(8,9)1-17-20(16,18-2-5(10,11)12)19-3-6(13,14)15/h1-3H2. The summed E-state index contributed by atoms with van der Waals surface area (Å²) < 4.78 is 26.0. The predicted octanol–water partition coefficient (Wildman–Crippen LogP) is 7.66. The van der Waals surface area contributed by atoms with Crippen LogP contribution in [0.5, 0.6) is 0 Å². The number of alkyl halides is 9. The molecule has 0 unspecified atom stereocenters. The number of hydrogen-bond acceptors (Lipinski definition) is 4. The summed E-state index contributed by atoms with van der Waals surface area (Å²) in [6, 6.07) is 0. The molecule has 4 nitrogen and oxygen atoms in total. The van der Waals surface area contributed by atoms with Gasteiger partial charge in [-0.1, -0.05) is 143 Å². The van der Waals surface area contributed by atoms with Crippen molar-refractivity contribution in [2.24, 2.45) is 0 Å². The number of phosphoric acid groups is 1. The van der Waals surface area contributed by atoms with Crippen molar-refractivity contribution >= 4 is 151 Å². The summed E-state index contributed by atoms with van der Waals surface area (Å²) in [6.07, 6.45) is 0. The van der Waals surface area contributed by atoms with E-state index in [2.05, 4.69) is 143 Å².